The maximum Gasteiger partial charge on any atom is 0.322 e. The highest BCUT2D eigenvalue weighted by molar-refractivity contribution is 7.98. The molecular weight excluding hydrogens is 322 g/mol. The number of urea groups is 1. The standard InChI is InChI=1S/C18H25N3O2S/c1-13-5-6-15(10-16(13)21-9-7-19-18(21)23)17(22)20-8-3-4-14(11-20)12-24-2/h5-6,10,14H,3-4,7-9,11-12H2,1-2H3,(H,19,23)/t14-/m1/s1. The van der Waals surface area contributed by atoms with E-state index in [4.69, 9.17) is 0 Å². The van der Waals surface area contributed by atoms with Crippen LogP contribution < -0.4 is 10.2 Å². The number of likely N-dealkylation sites (tertiary alicyclic amines) is 1. The Morgan fingerprint density at radius 1 is 1.38 bits per heavy atom. The molecule has 5 nitrogen and oxygen atoms in total. The molecule has 0 unspecified atom stereocenters. The molecule has 0 spiro atoms. The number of carbonyl (C=O) groups is 2. The minimum atomic E-state index is -0.0827. The number of hydrogen-bond acceptors (Lipinski definition) is 3. The number of rotatable bonds is 4. The van der Waals surface area contributed by atoms with Gasteiger partial charge in [0.15, 0.2) is 0 Å². The van der Waals surface area contributed by atoms with Gasteiger partial charge in [-0.25, -0.2) is 4.79 Å². The van der Waals surface area contributed by atoms with Crippen molar-refractivity contribution < 1.29 is 9.59 Å². The summed E-state index contributed by atoms with van der Waals surface area (Å²) >= 11 is 1.85. The van der Waals surface area contributed by atoms with Crippen LogP contribution in [-0.2, 0) is 0 Å². The lowest BCUT2D eigenvalue weighted by molar-refractivity contribution is 0.0685. The predicted molar refractivity (Wildman–Crippen MR) is 98.9 cm³/mol. The number of thioether (sulfide) groups is 1. The van der Waals surface area contributed by atoms with Crippen molar-refractivity contribution in [2.75, 3.05) is 43.1 Å². The molecule has 0 aliphatic carbocycles. The lowest BCUT2D eigenvalue weighted by atomic mass is 9.99. The highest BCUT2D eigenvalue weighted by Crippen LogP contribution is 2.26. The zero-order valence-corrected chi connectivity index (χ0v) is 15.2. The second-order valence-corrected chi connectivity index (χ2v) is 7.51. The smallest absolute Gasteiger partial charge is 0.322 e. The minimum absolute atomic E-state index is 0.0827. The molecule has 1 aromatic carbocycles. The number of amides is 3. The molecule has 130 valence electrons. The van der Waals surface area contributed by atoms with Crippen LogP contribution in [0, 0.1) is 12.8 Å². The van der Waals surface area contributed by atoms with Crippen molar-refractivity contribution in [3.63, 3.8) is 0 Å². The van der Waals surface area contributed by atoms with E-state index in [-0.39, 0.29) is 11.9 Å². The quantitative estimate of drug-likeness (QED) is 0.911. The minimum Gasteiger partial charge on any atom is -0.338 e. The second kappa shape index (κ2) is 7.47. The molecule has 2 aliphatic heterocycles. The summed E-state index contributed by atoms with van der Waals surface area (Å²) in [6.07, 6.45) is 4.40. The molecule has 2 fully saturated rings. The van der Waals surface area contributed by atoms with Gasteiger partial charge in [-0.05, 0) is 55.4 Å². The number of nitrogens with one attached hydrogen (secondary N) is 1. The fraction of sp³-hybridized carbons (Fsp3) is 0.556. The summed E-state index contributed by atoms with van der Waals surface area (Å²) in [5, 5.41) is 2.82. The van der Waals surface area contributed by atoms with Crippen LogP contribution >= 0.6 is 11.8 Å². The van der Waals surface area contributed by atoms with Crippen LogP contribution in [0.4, 0.5) is 10.5 Å². The molecule has 0 radical (unpaired) electrons. The third-order valence-corrected chi connectivity index (χ3v) is 5.62. The lowest BCUT2D eigenvalue weighted by Crippen LogP contribution is -2.40. The van der Waals surface area contributed by atoms with Gasteiger partial charge in [0.25, 0.3) is 5.91 Å². The molecule has 1 aromatic rings. The Morgan fingerprint density at radius 2 is 2.21 bits per heavy atom. The third-order valence-electron chi connectivity index (χ3n) is 4.81. The third kappa shape index (κ3) is 3.53. The van der Waals surface area contributed by atoms with Crippen molar-refractivity contribution in [1.29, 1.82) is 0 Å². The maximum absolute atomic E-state index is 12.9. The largest absolute Gasteiger partial charge is 0.338 e. The van der Waals surface area contributed by atoms with E-state index < -0.39 is 0 Å². The van der Waals surface area contributed by atoms with Gasteiger partial charge in [-0.1, -0.05) is 6.07 Å². The zero-order chi connectivity index (χ0) is 17.1. The number of anilines is 1. The summed E-state index contributed by atoms with van der Waals surface area (Å²) < 4.78 is 0. The van der Waals surface area contributed by atoms with Crippen LogP contribution in [0.25, 0.3) is 0 Å². The van der Waals surface area contributed by atoms with E-state index in [0.717, 1.165) is 36.5 Å². The van der Waals surface area contributed by atoms with E-state index in [2.05, 4.69) is 11.6 Å². The van der Waals surface area contributed by atoms with Crippen LogP contribution in [-0.4, -0.2) is 55.0 Å². The molecule has 2 heterocycles. The van der Waals surface area contributed by atoms with Gasteiger partial charge < -0.3 is 10.2 Å². The van der Waals surface area contributed by atoms with Crippen molar-refractivity contribution >= 4 is 29.4 Å². The molecule has 0 aromatic heterocycles. The monoisotopic (exact) mass is 347 g/mol. The van der Waals surface area contributed by atoms with Crippen molar-refractivity contribution in [1.82, 2.24) is 10.2 Å². The number of benzene rings is 1. The fourth-order valence-corrected chi connectivity index (χ4v) is 4.28. The average molecular weight is 347 g/mol. The van der Waals surface area contributed by atoms with Gasteiger partial charge in [-0.2, -0.15) is 11.8 Å². The average Bonchev–Trinajstić information content (AvgIpc) is 3.01. The summed E-state index contributed by atoms with van der Waals surface area (Å²) in [5.74, 6) is 1.78. The van der Waals surface area contributed by atoms with Crippen molar-refractivity contribution in [3.8, 4) is 0 Å². The van der Waals surface area contributed by atoms with Crippen molar-refractivity contribution in [2.24, 2.45) is 5.92 Å². The number of piperidine rings is 1. The summed E-state index contributed by atoms with van der Waals surface area (Å²) in [6.45, 7) is 4.95. The molecule has 3 amide bonds. The van der Waals surface area contributed by atoms with E-state index in [1.807, 2.05) is 41.8 Å². The van der Waals surface area contributed by atoms with E-state index in [1.165, 1.54) is 6.42 Å². The highest BCUT2D eigenvalue weighted by atomic mass is 32.2. The Hall–Kier alpha value is -1.69. The van der Waals surface area contributed by atoms with Gasteiger partial charge in [-0.3, -0.25) is 9.69 Å². The van der Waals surface area contributed by atoms with Gasteiger partial charge in [0.2, 0.25) is 0 Å². The Morgan fingerprint density at radius 3 is 2.92 bits per heavy atom. The summed E-state index contributed by atoms with van der Waals surface area (Å²) in [7, 11) is 0. The molecule has 3 rings (SSSR count). The first-order valence-corrected chi connectivity index (χ1v) is 9.93. The molecule has 1 atom stereocenters. The van der Waals surface area contributed by atoms with Crippen LogP contribution in [0.5, 0.6) is 0 Å². The Labute approximate surface area is 147 Å². The SMILES string of the molecule is CSC[C@@H]1CCCN(C(=O)c2ccc(C)c(N3CCNC3=O)c2)C1. The second-order valence-electron chi connectivity index (χ2n) is 6.60. The molecular formula is C18H25N3O2S. The van der Waals surface area contributed by atoms with Gasteiger partial charge in [0.1, 0.15) is 0 Å². The molecule has 1 N–H and O–H groups in total. The Kier molecular flexibility index (Phi) is 5.33. The van der Waals surface area contributed by atoms with Gasteiger partial charge in [0, 0.05) is 37.4 Å². The van der Waals surface area contributed by atoms with Crippen molar-refractivity contribution in [3.05, 3.63) is 29.3 Å². The fourth-order valence-electron chi connectivity index (χ4n) is 3.54. The zero-order valence-electron chi connectivity index (χ0n) is 14.4. The highest BCUT2D eigenvalue weighted by Gasteiger charge is 2.27. The van der Waals surface area contributed by atoms with Crippen LogP contribution in [0.2, 0.25) is 0 Å². The summed E-state index contributed by atoms with van der Waals surface area (Å²) in [4.78, 5) is 28.5. The molecule has 24 heavy (non-hydrogen) atoms. The van der Waals surface area contributed by atoms with Gasteiger partial charge in [0.05, 0.1) is 0 Å². The predicted octanol–water partition coefficient (Wildman–Crippen LogP) is 2.74. The first-order valence-electron chi connectivity index (χ1n) is 8.54. The first kappa shape index (κ1) is 17.1. The lowest BCUT2D eigenvalue weighted by Gasteiger charge is -2.32. The number of nitrogens with zero attached hydrogens (tertiary/aromatic N) is 2. The van der Waals surface area contributed by atoms with Crippen LogP contribution in [0.3, 0.4) is 0 Å². The number of hydrogen-bond donors (Lipinski definition) is 1. The van der Waals surface area contributed by atoms with E-state index in [9.17, 15) is 9.59 Å². The maximum atomic E-state index is 12.9. The normalized spacial score (nSPS) is 21.1. The van der Waals surface area contributed by atoms with Crippen molar-refractivity contribution in [2.45, 2.75) is 19.8 Å². The van der Waals surface area contributed by atoms with Crippen LogP contribution in [0.15, 0.2) is 18.2 Å². The summed E-state index contributed by atoms with van der Waals surface area (Å²) in [5.41, 5.74) is 2.54. The molecule has 6 heteroatoms. The van der Waals surface area contributed by atoms with Gasteiger partial charge in [-0.15, -0.1) is 0 Å². The van der Waals surface area contributed by atoms with E-state index in [0.29, 0.717) is 24.6 Å². The van der Waals surface area contributed by atoms with Gasteiger partial charge >= 0.3 is 6.03 Å². The van der Waals surface area contributed by atoms with Crippen LogP contribution in [0.1, 0.15) is 28.8 Å². The van der Waals surface area contributed by atoms with E-state index >= 15 is 0 Å². The topological polar surface area (TPSA) is 52.7 Å². The number of aryl methyl sites for hydroxylation is 1. The van der Waals surface area contributed by atoms with E-state index in [1.54, 1.807) is 4.90 Å². The first-order chi connectivity index (χ1) is 11.6. The molecule has 0 bridgehead atoms. The summed E-state index contributed by atoms with van der Waals surface area (Å²) in [6, 6.07) is 5.62. The molecule has 0 saturated carbocycles. The molecule has 2 aliphatic rings. The Bertz CT molecular complexity index is 633. The number of carbonyl (C=O) groups excluding carboxylic acids is 2. The molecule has 2 saturated heterocycles. The Balaban J connectivity index is 1.79.